The molecule has 9 rings (SSSR count). The largest absolute Gasteiger partial charge is 0.497 e. The van der Waals surface area contributed by atoms with Gasteiger partial charge in [-0.1, -0.05) is 51.1 Å². The molecule has 0 atom stereocenters. The van der Waals surface area contributed by atoms with Crippen LogP contribution in [0.4, 0.5) is 20.2 Å². The Bertz CT molecular complexity index is 3530. The maximum Gasteiger partial charge on any atom is 0.222 e. The van der Waals surface area contributed by atoms with E-state index in [-0.39, 0.29) is 23.7 Å². The van der Waals surface area contributed by atoms with Gasteiger partial charge in [-0.2, -0.15) is 19.0 Å². The molecule has 0 radical (unpaired) electrons. The fourth-order valence-corrected chi connectivity index (χ4v) is 10.1. The first-order valence-electron chi connectivity index (χ1n) is 27.2. The van der Waals surface area contributed by atoms with Gasteiger partial charge in [-0.25, -0.2) is 24.9 Å². The van der Waals surface area contributed by atoms with Gasteiger partial charge in [-0.15, -0.1) is 0 Å². The minimum Gasteiger partial charge on any atom is -0.497 e. The molecule has 0 aliphatic carbocycles. The quantitative estimate of drug-likeness (QED) is 0.0413. The number of methoxy groups -OCH3 is 2. The second-order valence-electron chi connectivity index (χ2n) is 21.9. The van der Waals surface area contributed by atoms with E-state index in [2.05, 4.69) is 97.9 Å². The van der Waals surface area contributed by atoms with E-state index in [9.17, 15) is 4.39 Å². The molecule has 18 heteroatoms. The summed E-state index contributed by atoms with van der Waals surface area (Å²) in [5, 5.41) is 13.3. The summed E-state index contributed by atoms with van der Waals surface area (Å²) in [5.74, 6) is 1.06. The number of rotatable bonds is 21. The Balaban J connectivity index is 0.000000238. The number of aryl methyl sites for hydroxylation is 2. The molecule has 2 aromatic carbocycles. The number of benzene rings is 2. The minimum absolute atomic E-state index is 0.0634. The Morgan fingerprint density at radius 1 is 0.637 bits per heavy atom. The highest BCUT2D eigenvalue weighted by molar-refractivity contribution is 6.74. The lowest BCUT2D eigenvalue weighted by atomic mass is 10.1. The molecule has 0 amide bonds. The van der Waals surface area contributed by atoms with E-state index in [1.165, 1.54) is 12.4 Å². The van der Waals surface area contributed by atoms with Gasteiger partial charge in [0.25, 0.3) is 0 Å². The summed E-state index contributed by atoms with van der Waals surface area (Å²) in [6.45, 7) is 26.2. The SMILES string of the molecule is COc1ccc(CN(Cc2cccnc2F)c2cc(-c3cccnc3OCCCCO[Si](C)(C)C(C)(C)C)nc3c(C)nn(C(C)C)c23)cc1.COc1ccc(CNc2cc(-c3cccnc3F)nc3c(C)nn(C(C)C)c23)cc1. The Kier molecular flexibility index (Phi) is 18.6. The van der Waals surface area contributed by atoms with Crippen LogP contribution in [-0.4, -0.2) is 80.2 Å². The number of fused-ring (bicyclic) bond motifs is 2. The first-order valence-corrected chi connectivity index (χ1v) is 30.1. The van der Waals surface area contributed by atoms with Gasteiger partial charge in [-0.3, -0.25) is 9.36 Å². The zero-order valence-electron chi connectivity index (χ0n) is 48.4. The standard InChI is InChI=1S/C39H51FN6O3Si.C23H24FN5O/c1-27(2)46-36-34(45(26-30-14-12-20-41-37(30)40)25-29-16-18-31(47-7)19-17-29)24-33(43-35(36)28(3)44-46)32-15-13-21-42-38(32)48-22-10-11-23-49-50(8,9)39(4,5)6;1-14(2)29-22-20(26-13-16-7-9-17(30-4)10-8-16)12-19(27-21(22)15(3)28-29)18-6-5-11-25-23(18)24/h12-21,24,27H,10-11,22-23,25-26H2,1-9H3;5-12,14H,13H2,1-4H3,(H,26,27). The van der Waals surface area contributed by atoms with Crippen LogP contribution >= 0.6 is 0 Å². The fourth-order valence-electron chi connectivity index (χ4n) is 9.00. The Labute approximate surface area is 469 Å². The third-order valence-corrected chi connectivity index (χ3v) is 19.0. The van der Waals surface area contributed by atoms with Crippen LogP contribution in [0.25, 0.3) is 44.6 Å². The van der Waals surface area contributed by atoms with Crippen molar-refractivity contribution in [2.75, 3.05) is 37.7 Å². The number of hydrogen-bond donors (Lipinski definition) is 1. The highest BCUT2D eigenvalue weighted by atomic mass is 28.4. The van der Waals surface area contributed by atoms with Crippen molar-refractivity contribution in [1.29, 1.82) is 0 Å². The Morgan fingerprint density at radius 3 is 1.76 bits per heavy atom. The number of ether oxygens (including phenoxy) is 3. The minimum atomic E-state index is -1.79. The summed E-state index contributed by atoms with van der Waals surface area (Å²) in [6, 6.07) is 30.8. The number of nitrogens with one attached hydrogen (secondary N) is 1. The third-order valence-electron chi connectivity index (χ3n) is 14.4. The highest BCUT2D eigenvalue weighted by Gasteiger charge is 2.37. The van der Waals surface area contributed by atoms with E-state index in [0.717, 1.165) is 92.5 Å². The van der Waals surface area contributed by atoms with Crippen molar-refractivity contribution >= 4 is 41.8 Å². The first-order chi connectivity index (χ1) is 38.3. The molecule has 15 nitrogen and oxygen atoms in total. The van der Waals surface area contributed by atoms with Crippen LogP contribution in [0.5, 0.6) is 17.4 Å². The van der Waals surface area contributed by atoms with E-state index in [0.29, 0.717) is 48.1 Å². The van der Waals surface area contributed by atoms with E-state index < -0.39 is 20.2 Å². The van der Waals surface area contributed by atoms with Crippen LogP contribution in [0.1, 0.15) is 101 Å². The molecule has 0 unspecified atom stereocenters. The number of anilines is 2. The van der Waals surface area contributed by atoms with Gasteiger partial charge < -0.3 is 28.9 Å². The number of unbranched alkanes of at least 4 members (excludes halogenated alkanes) is 1. The zero-order chi connectivity index (χ0) is 57.3. The molecule has 0 saturated carbocycles. The first kappa shape index (κ1) is 58.3. The summed E-state index contributed by atoms with van der Waals surface area (Å²) in [7, 11) is 1.51. The van der Waals surface area contributed by atoms with Crippen molar-refractivity contribution in [2.24, 2.45) is 0 Å². The maximum atomic E-state index is 15.1. The van der Waals surface area contributed by atoms with Gasteiger partial charge in [0.2, 0.25) is 17.8 Å². The molecule has 0 spiro atoms. The molecule has 0 aliphatic heterocycles. The number of halogens is 2. The predicted octanol–water partition coefficient (Wildman–Crippen LogP) is 14.5. The molecule has 1 N–H and O–H groups in total. The number of pyridine rings is 5. The van der Waals surface area contributed by atoms with Crippen LogP contribution in [0, 0.1) is 25.7 Å². The van der Waals surface area contributed by atoms with Gasteiger partial charge in [-0.05, 0) is 150 Å². The summed E-state index contributed by atoms with van der Waals surface area (Å²) >= 11 is 0. The smallest absolute Gasteiger partial charge is 0.222 e. The molecular formula is C62H75F2N11O4Si. The fraction of sp³-hybridized carbons (Fsp3) is 0.371. The number of aromatic nitrogens is 9. The molecule has 420 valence electrons. The lowest BCUT2D eigenvalue weighted by Gasteiger charge is -2.36. The molecule has 80 heavy (non-hydrogen) atoms. The molecule has 0 fully saturated rings. The van der Waals surface area contributed by atoms with E-state index in [1.807, 2.05) is 89.9 Å². The Hall–Kier alpha value is -7.83. The Morgan fingerprint density at radius 2 is 1.18 bits per heavy atom. The van der Waals surface area contributed by atoms with Crippen molar-refractivity contribution in [3.63, 3.8) is 0 Å². The monoisotopic (exact) mass is 1100 g/mol. The highest BCUT2D eigenvalue weighted by Crippen LogP contribution is 2.39. The molecule has 9 aromatic rings. The molecule has 0 saturated heterocycles. The van der Waals surface area contributed by atoms with Crippen molar-refractivity contribution in [3.8, 4) is 39.9 Å². The van der Waals surface area contributed by atoms with Crippen molar-refractivity contribution in [3.05, 3.63) is 156 Å². The molecular weight excluding hydrogens is 1030 g/mol. The topological polar surface area (TPSA) is 152 Å². The van der Waals surface area contributed by atoms with Crippen molar-refractivity contribution in [2.45, 2.75) is 125 Å². The second kappa shape index (κ2) is 25.5. The molecule has 0 bridgehead atoms. The second-order valence-corrected chi connectivity index (χ2v) is 26.8. The number of hydrogen-bond acceptors (Lipinski definition) is 13. The maximum absolute atomic E-state index is 15.1. The predicted molar refractivity (Wildman–Crippen MR) is 317 cm³/mol. The summed E-state index contributed by atoms with van der Waals surface area (Å²) in [4.78, 5) is 24.4. The van der Waals surface area contributed by atoms with Gasteiger partial charge in [0.1, 0.15) is 33.6 Å². The van der Waals surface area contributed by atoms with Crippen molar-refractivity contribution < 1.29 is 27.4 Å². The van der Waals surface area contributed by atoms with Crippen LogP contribution in [0.2, 0.25) is 18.1 Å². The van der Waals surface area contributed by atoms with Crippen LogP contribution in [0.15, 0.2) is 116 Å². The lowest BCUT2D eigenvalue weighted by Crippen LogP contribution is -2.41. The summed E-state index contributed by atoms with van der Waals surface area (Å²) < 4.78 is 56.7. The van der Waals surface area contributed by atoms with E-state index in [4.69, 9.17) is 33.7 Å². The lowest BCUT2D eigenvalue weighted by molar-refractivity contribution is 0.249. The average Bonchev–Trinajstić information content (AvgIpc) is 4.07. The summed E-state index contributed by atoms with van der Waals surface area (Å²) in [6.07, 6.45) is 6.39. The zero-order valence-corrected chi connectivity index (χ0v) is 49.4. The van der Waals surface area contributed by atoms with Gasteiger partial charge in [0.15, 0.2) is 8.32 Å². The van der Waals surface area contributed by atoms with E-state index in [1.54, 1.807) is 44.7 Å². The molecule has 7 heterocycles. The van der Waals surface area contributed by atoms with Crippen LogP contribution in [0.3, 0.4) is 0 Å². The normalized spacial score (nSPS) is 11.8. The van der Waals surface area contributed by atoms with Crippen molar-refractivity contribution in [1.82, 2.24) is 44.5 Å². The van der Waals surface area contributed by atoms with Gasteiger partial charge >= 0.3 is 0 Å². The molecule has 0 aliphatic rings. The van der Waals surface area contributed by atoms with Crippen LogP contribution < -0.4 is 24.4 Å². The number of nitrogens with zero attached hydrogens (tertiary/aromatic N) is 10. The van der Waals surface area contributed by atoms with Gasteiger partial charge in [0, 0.05) is 62.5 Å². The summed E-state index contributed by atoms with van der Waals surface area (Å²) in [5.41, 5.74) is 11.6. The molecule has 7 aromatic heterocycles. The average molecular weight is 1100 g/mol. The van der Waals surface area contributed by atoms with E-state index >= 15 is 4.39 Å². The third kappa shape index (κ3) is 13.6. The van der Waals surface area contributed by atoms with Crippen LogP contribution in [-0.2, 0) is 24.1 Å². The van der Waals surface area contributed by atoms with Gasteiger partial charge in [0.05, 0.1) is 66.1 Å².